The molecule has 2 atom stereocenters. The highest BCUT2D eigenvalue weighted by Gasteiger charge is 2.49. The van der Waals surface area contributed by atoms with E-state index in [2.05, 4.69) is 24.0 Å². The molecule has 5 rings (SSSR count). The van der Waals surface area contributed by atoms with Crippen molar-refractivity contribution in [1.82, 2.24) is 9.88 Å². The summed E-state index contributed by atoms with van der Waals surface area (Å²) in [7, 11) is 1.67. The lowest BCUT2D eigenvalue weighted by Crippen LogP contribution is -2.51. The molecule has 7 heteroatoms. The van der Waals surface area contributed by atoms with Gasteiger partial charge in [0.25, 0.3) is 0 Å². The lowest BCUT2D eigenvalue weighted by atomic mass is 9.67. The van der Waals surface area contributed by atoms with Crippen LogP contribution in [-0.2, 0) is 10.2 Å². The Labute approximate surface area is 189 Å². The zero-order valence-electron chi connectivity index (χ0n) is 17.6. The molecule has 158 valence electrons. The number of amides is 1. The number of rotatable bonds is 3. The minimum atomic E-state index is -0.593. The van der Waals surface area contributed by atoms with Crippen LogP contribution < -0.4 is 0 Å². The van der Waals surface area contributed by atoms with Crippen LogP contribution in [0.5, 0.6) is 0 Å². The number of hydrogen-bond acceptors (Lipinski definition) is 6. The number of piperidine rings is 1. The highest BCUT2D eigenvalue weighted by atomic mass is 32.1. The average molecular weight is 441 g/mol. The van der Waals surface area contributed by atoms with Crippen LogP contribution in [0, 0.1) is 16.7 Å². The number of nitrogens with one attached hydrogen (secondary N) is 1. The minimum Gasteiger partial charge on any atom is -0.464 e. The Hall–Kier alpha value is -3.76. The minimum absolute atomic E-state index is 0.0993. The van der Waals surface area contributed by atoms with Crippen LogP contribution in [0.1, 0.15) is 35.3 Å². The van der Waals surface area contributed by atoms with E-state index < -0.39 is 11.3 Å². The number of benzene rings is 1. The summed E-state index contributed by atoms with van der Waals surface area (Å²) in [6.45, 7) is 2.06. The monoisotopic (exact) mass is 440 g/mol. The van der Waals surface area contributed by atoms with Crippen molar-refractivity contribution in [3.05, 3.63) is 76.4 Å². The number of fused-ring (bicyclic) bond motifs is 1. The highest BCUT2D eigenvalue weighted by molar-refractivity contribution is 7.10. The van der Waals surface area contributed by atoms with Crippen LogP contribution in [-0.4, -0.2) is 28.7 Å². The molecule has 0 radical (unpaired) electrons. The normalized spacial score (nSPS) is 21.2. The first-order chi connectivity index (χ1) is 15.4. The Morgan fingerprint density at radius 1 is 1.25 bits per heavy atom. The van der Waals surface area contributed by atoms with Gasteiger partial charge in [-0.3, -0.25) is 15.2 Å². The fourth-order valence-electron chi connectivity index (χ4n) is 4.50. The average Bonchev–Trinajstić information content (AvgIpc) is 3.47. The van der Waals surface area contributed by atoms with Gasteiger partial charge in [-0.15, -0.1) is 11.3 Å². The lowest BCUT2D eigenvalue weighted by Gasteiger charge is -2.44. The van der Waals surface area contributed by atoms with Gasteiger partial charge in [0.1, 0.15) is 17.5 Å². The van der Waals surface area contributed by atoms with Crippen LogP contribution >= 0.6 is 11.3 Å². The summed E-state index contributed by atoms with van der Waals surface area (Å²) in [5, 5.41) is 20.7. The molecule has 1 unspecified atom stereocenters. The predicted molar refractivity (Wildman–Crippen MR) is 124 cm³/mol. The number of carbonyl (C=O) groups excluding carboxylic acids is 1. The second-order valence-corrected chi connectivity index (χ2v) is 9.27. The van der Waals surface area contributed by atoms with Crippen LogP contribution in [0.3, 0.4) is 0 Å². The van der Waals surface area contributed by atoms with Crippen molar-refractivity contribution in [2.24, 2.45) is 0 Å². The number of likely N-dealkylation sites (tertiary alicyclic amines) is 1. The Kier molecular flexibility index (Phi) is 4.68. The van der Waals surface area contributed by atoms with Crippen molar-refractivity contribution in [1.29, 1.82) is 10.7 Å². The number of thiophene rings is 1. The summed E-state index contributed by atoms with van der Waals surface area (Å²) < 4.78 is 5.59. The van der Waals surface area contributed by atoms with Gasteiger partial charge in [-0.2, -0.15) is 5.26 Å². The summed E-state index contributed by atoms with van der Waals surface area (Å²) in [5.74, 6) is -0.250. The third kappa shape index (κ3) is 3.12. The molecule has 1 amide bonds. The molecule has 0 spiro atoms. The lowest BCUT2D eigenvalue weighted by molar-refractivity contribution is -0.131. The molecule has 1 aliphatic rings. The van der Waals surface area contributed by atoms with Crippen molar-refractivity contribution >= 4 is 34.0 Å². The van der Waals surface area contributed by atoms with Gasteiger partial charge in [0.05, 0.1) is 17.7 Å². The van der Waals surface area contributed by atoms with Gasteiger partial charge in [0, 0.05) is 47.1 Å². The molecule has 1 aromatic carbocycles. The third-order valence-electron chi connectivity index (χ3n) is 6.33. The third-order valence-corrected chi connectivity index (χ3v) is 7.54. The molecule has 0 bridgehead atoms. The number of carbonyl (C=O) groups is 1. The molecule has 0 aliphatic carbocycles. The van der Waals surface area contributed by atoms with E-state index in [1.807, 2.05) is 35.7 Å². The standard InChI is InChI=1S/C25H20N4O2S/c1-25(21-9-19(14-32-21)18-7-15(11-26)12-28-13-18)10-22(27)29(2)24(30)23(25)17-4-3-16-5-6-31-20(16)8-17/h3-9,12-14,23,27H,10H2,1-2H3/t23?,25-/m1/s1. The summed E-state index contributed by atoms with van der Waals surface area (Å²) >= 11 is 1.57. The first-order valence-corrected chi connectivity index (χ1v) is 11.1. The quantitative estimate of drug-likeness (QED) is 0.467. The van der Waals surface area contributed by atoms with E-state index in [4.69, 9.17) is 9.83 Å². The number of aromatic nitrogens is 1. The summed E-state index contributed by atoms with van der Waals surface area (Å²) in [6.07, 6.45) is 5.36. The maximum atomic E-state index is 13.5. The second kappa shape index (κ2) is 7.43. The Morgan fingerprint density at radius 2 is 2.09 bits per heavy atom. The van der Waals surface area contributed by atoms with Gasteiger partial charge in [-0.25, -0.2) is 0 Å². The molecular weight excluding hydrogens is 420 g/mol. The zero-order chi connectivity index (χ0) is 22.5. The van der Waals surface area contributed by atoms with Crippen LogP contribution in [0.15, 0.2) is 64.9 Å². The Balaban J connectivity index is 1.62. The van der Waals surface area contributed by atoms with Crippen molar-refractivity contribution in [2.45, 2.75) is 24.7 Å². The Morgan fingerprint density at radius 3 is 2.91 bits per heavy atom. The van der Waals surface area contributed by atoms with Gasteiger partial charge < -0.3 is 9.32 Å². The smallest absolute Gasteiger partial charge is 0.236 e. The van der Waals surface area contributed by atoms with Gasteiger partial charge >= 0.3 is 0 Å². The summed E-state index contributed by atoms with van der Waals surface area (Å²) in [6, 6.07) is 13.8. The largest absolute Gasteiger partial charge is 0.464 e. The predicted octanol–water partition coefficient (Wildman–Crippen LogP) is 5.31. The number of furan rings is 1. The molecule has 1 N–H and O–H groups in total. The van der Waals surface area contributed by atoms with E-state index in [1.54, 1.807) is 30.8 Å². The van der Waals surface area contributed by atoms with Gasteiger partial charge in [0.15, 0.2) is 0 Å². The van der Waals surface area contributed by atoms with Crippen molar-refractivity contribution in [2.75, 3.05) is 7.05 Å². The van der Waals surface area contributed by atoms with Crippen LogP contribution in [0.25, 0.3) is 22.1 Å². The number of pyridine rings is 1. The molecule has 1 saturated heterocycles. The molecule has 1 aliphatic heterocycles. The molecule has 0 saturated carbocycles. The number of amidine groups is 1. The molecular formula is C25H20N4O2S. The van der Waals surface area contributed by atoms with Crippen LogP contribution in [0.4, 0.5) is 0 Å². The first-order valence-electron chi connectivity index (χ1n) is 10.2. The summed E-state index contributed by atoms with van der Waals surface area (Å²) in [4.78, 5) is 20.1. The molecule has 3 aromatic heterocycles. The van der Waals surface area contributed by atoms with Gasteiger partial charge in [-0.1, -0.05) is 19.1 Å². The van der Waals surface area contributed by atoms with Crippen LogP contribution in [0.2, 0.25) is 0 Å². The molecule has 4 aromatic rings. The topological polar surface area (TPSA) is 94.0 Å². The van der Waals surface area contributed by atoms with E-state index in [1.165, 1.54) is 11.1 Å². The number of hydrogen-bond donors (Lipinski definition) is 1. The molecule has 32 heavy (non-hydrogen) atoms. The fraction of sp³-hybridized carbons (Fsp3) is 0.200. The number of nitriles is 1. The van der Waals surface area contributed by atoms with E-state index >= 15 is 0 Å². The molecule has 4 heterocycles. The van der Waals surface area contributed by atoms with E-state index in [0.29, 0.717) is 17.8 Å². The second-order valence-electron chi connectivity index (χ2n) is 8.36. The van der Waals surface area contributed by atoms with Crippen molar-refractivity contribution in [3.8, 4) is 17.2 Å². The first kappa shape index (κ1) is 20.2. The Bertz CT molecular complexity index is 1410. The number of nitrogens with zero attached hydrogens (tertiary/aromatic N) is 3. The van der Waals surface area contributed by atoms with E-state index in [-0.39, 0.29) is 5.91 Å². The van der Waals surface area contributed by atoms with Crippen molar-refractivity contribution < 1.29 is 9.21 Å². The maximum Gasteiger partial charge on any atom is 0.236 e. The highest BCUT2D eigenvalue weighted by Crippen LogP contribution is 2.49. The SMILES string of the molecule is CN1C(=N)C[C@](C)(c2cc(-c3cncc(C#N)c3)cs2)C(c2ccc3ccoc3c2)C1=O. The van der Waals surface area contributed by atoms with Crippen molar-refractivity contribution in [3.63, 3.8) is 0 Å². The number of likely N-dealkylation sites (N-methyl/N-ethyl adjacent to an activating group) is 1. The summed E-state index contributed by atoms with van der Waals surface area (Å²) in [5.41, 5.74) is 3.34. The maximum absolute atomic E-state index is 13.5. The van der Waals surface area contributed by atoms with Gasteiger partial charge in [0.2, 0.25) is 5.91 Å². The fourth-order valence-corrected chi connectivity index (χ4v) is 5.62. The molecule has 1 fully saturated rings. The van der Waals surface area contributed by atoms with Gasteiger partial charge in [-0.05, 0) is 40.8 Å². The zero-order valence-corrected chi connectivity index (χ0v) is 18.4. The molecule has 6 nitrogen and oxygen atoms in total. The van der Waals surface area contributed by atoms with E-state index in [9.17, 15) is 10.1 Å². The van der Waals surface area contributed by atoms with E-state index in [0.717, 1.165) is 32.5 Å².